The minimum Gasteiger partial charge on any atom is -0.341 e. The number of carbonyl (C=O) groups is 1. The number of aromatic nitrogens is 6. The third kappa shape index (κ3) is 2.65. The number of nitrogens with zero attached hydrogens (tertiary/aromatic N) is 7. The van der Waals surface area contributed by atoms with E-state index >= 15 is 0 Å². The Morgan fingerprint density at radius 2 is 2.00 bits per heavy atom. The normalized spacial score (nSPS) is 16.4. The van der Waals surface area contributed by atoms with Crippen molar-refractivity contribution >= 4 is 23.2 Å². The van der Waals surface area contributed by atoms with Crippen molar-refractivity contribution in [2.24, 2.45) is 0 Å². The van der Waals surface area contributed by atoms with Crippen LogP contribution >= 0.6 is 11.6 Å². The van der Waals surface area contributed by atoms with E-state index in [0.29, 0.717) is 29.5 Å². The Balaban J connectivity index is 1.46. The predicted octanol–water partition coefficient (Wildman–Crippen LogP) is 2.86. The molecular formula is C19H16ClN7O. The van der Waals surface area contributed by atoms with Crippen LogP contribution in [0.15, 0.2) is 49.3 Å². The van der Waals surface area contributed by atoms with Gasteiger partial charge in [0.1, 0.15) is 6.33 Å². The molecule has 0 fully saturated rings. The van der Waals surface area contributed by atoms with E-state index in [9.17, 15) is 4.79 Å². The molecular weight excluding hydrogens is 378 g/mol. The zero-order valence-corrected chi connectivity index (χ0v) is 15.8. The van der Waals surface area contributed by atoms with E-state index in [1.165, 1.54) is 17.0 Å². The summed E-state index contributed by atoms with van der Waals surface area (Å²) in [7, 11) is 0. The second-order valence-corrected chi connectivity index (χ2v) is 7.14. The maximum atomic E-state index is 13.1. The van der Waals surface area contributed by atoms with Crippen molar-refractivity contribution in [3.05, 3.63) is 65.7 Å². The maximum Gasteiger partial charge on any atom is 0.275 e. The van der Waals surface area contributed by atoms with Gasteiger partial charge in [-0.15, -0.1) is 0 Å². The molecule has 0 spiro atoms. The number of hydrogen-bond donors (Lipinski definition) is 0. The fourth-order valence-electron chi connectivity index (χ4n) is 3.73. The number of halogens is 1. The van der Waals surface area contributed by atoms with E-state index in [-0.39, 0.29) is 11.9 Å². The predicted molar refractivity (Wildman–Crippen MR) is 103 cm³/mol. The molecule has 4 aromatic rings. The molecule has 1 amide bonds. The van der Waals surface area contributed by atoms with Gasteiger partial charge in [-0.25, -0.2) is 19.5 Å². The van der Waals surface area contributed by atoms with Crippen molar-refractivity contribution in [3.63, 3.8) is 0 Å². The van der Waals surface area contributed by atoms with Crippen LogP contribution in [0.2, 0.25) is 5.02 Å². The van der Waals surface area contributed by atoms with Gasteiger partial charge in [0.25, 0.3) is 5.91 Å². The van der Waals surface area contributed by atoms with Crippen LogP contribution in [0.4, 0.5) is 0 Å². The Bertz CT molecular complexity index is 1180. The summed E-state index contributed by atoms with van der Waals surface area (Å²) in [6.45, 7) is 3.31. The molecule has 0 N–H and O–H groups in total. The number of carbonyl (C=O) groups excluding carboxylic acids is 1. The standard InChI is InChI=1S/C19H16ClN7O/c1-12-16-2-3-17(13-7-21-11-22-8-13)26(16)5-4-25(12)19(28)15-6-18-23-9-14(20)10-27(18)24-15/h2-3,6-12H,4-5H2,1H3. The SMILES string of the molecule is CC1c2ccc(-c3cncnc3)n2CCN1C(=O)c1cc2ncc(Cl)cn2n1. The van der Waals surface area contributed by atoms with Gasteiger partial charge in [0.2, 0.25) is 0 Å². The number of rotatable bonds is 2. The molecule has 140 valence electrons. The summed E-state index contributed by atoms with van der Waals surface area (Å²) in [4.78, 5) is 27.4. The summed E-state index contributed by atoms with van der Waals surface area (Å²) in [6, 6.07) is 5.71. The molecule has 28 heavy (non-hydrogen) atoms. The first-order chi connectivity index (χ1) is 13.6. The monoisotopic (exact) mass is 393 g/mol. The highest BCUT2D eigenvalue weighted by Crippen LogP contribution is 2.32. The molecule has 5 heterocycles. The molecule has 0 aromatic carbocycles. The van der Waals surface area contributed by atoms with Crippen molar-refractivity contribution in [2.75, 3.05) is 6.54 Å². The highest BCUT2D eigenvalue weighted by atomic mass is 35.5. The second-order valence-electron chi connectivity index (χ2n) is 6.70. The molecule has 5 rings (SSSR count). The zero-order chi connectivity index (χ0) is 19.3. The molecule has 0 bridgehead atoms. The largest absolute Gasteiger partial charge is 0.341 e. The van der Waals surface area contributed by atoms with Crippen molar-refractivity contribution in [1.82, 2.24) is 34.0 Å². The quantitative estimate of drug-likeness (QED) is 0.523. The molecule has 0 aliphatic carbocycles. The van der Waals surface area contributed by atoms with Crippen LogP contribution in [0, 0.1) is 0 Å². The third-order valence-corrected chi connectivity index (χ3v) is 5.29. The van der Waals surface area contributed by atoms with E-state index in [1.54, 1.807) is 24.7 Å². The molecule has 0 saturated heterocycles. The summed E-state index contributed by atoms with van der Waals surface area (Å²) in [5.41, 5.74) is 4.04. The maximum absolute atomic E-state index is 13.1. The lowest BCUT2D eigenvalue weighted by molar-refractivity contribution is 0.0638. The fraction of sp³-hybridized carbons (Fsp3) is 0.211. The first-order valence-corrected chi connectivity index (χ1v) is 9.26. The van der Waals surface area contributed by atoms with Crippen molar-refractivity contribution < 1.29 is 4.79 Å². The van der Waals surface area contributed by atoms with Crippen LogP contribution in [0.25, 0.3) is 16.9 Å². The first-order valence-electron chi connectivity index (χ1n) is 8.88. The molecule has 1 unspecified atom stereocenters. The minimum atomic E-state index is -0.119. The molecule has 0 radical (unpaired) electrons. The lowest BCUT2D eigenvalue weighted by Crippen LogP contribution is -2.41. The highest BCUT2D eigenvalue weighted by molar-refractivity contribution is 6.30. The van der Waals surface area contributed by atoms with E-state index < -0.39 is 0 Å². The van der Waals surface area contributed by atoms with Crippen LogP contribution in [0.3, 0.4) is 0 Å². The Kier molecular flexibility index (Phi) is 3.87. The lowest BCUT2D eigenvalue weighted by atomic mass is 10.1. The van der Waals surface area contributed by atoms with Gasteiger partial charge in [-0.05, 0) is 19.1 Å². The fourth-order valence-corrected chi connectivity index (χ4v) is 3.87. The van der Waals surface area contributed by atoms with Gasteiger partial charge in [0.15, 0.2) is 11.3 Å². The minimum absolute atomic E-state index is 0.0824. The summed E-state index contributed by atoms with van der Waals surface area (Å²) in [5.74, 6) is -0.119. The van der Waals surface area contributed by atoms with Gasteiger partial charge in [-0.3, -0.25) is 4.79 Å². The summed E-state index contributed by atoms with van der Waals surface area (Å²) in [5, 5.41) is 4.82. The van der Waals surface area contributed by atoms with Crippen LogP contribution in [-0.4, -0.2) is 46.5 Å². The number of fused-ring (bicyclic) bond motifs is 2. The average molecular weight is 394 g/mol. The summed E-state index contributed by atoms with van der Waals surface area (Å²) in [6.07, 6.45) is 8.29. The lowest BCUT2D eigenvalue weighted by Gasteiger charge is -2.35. The van der Waals surface area contributed by atoms with Gasteiger partial charge < -0.3 is 9.47 Å². The summed E-state index contributed by atoms with van der Waals surface area (Å²) >= 11 is 5.96. The zero-order valence-electron chi connectivity index (χ0n) is 15.0. The Labute approximate surface area is 165 Å². The van der Waals surface area contributed by atoms with E-state index in [0.717, 1.165) is 17.0 Å². The van der Waals surface area contributed by atoms with Crippen LogP contribution < -0.4 is 0 Å². The van der Waals surface area contributed by atoms with Gasteiger partial charge in [-0.1, -0.05) is 11.6 Å². The van der Waals surface area contributed by atoms with Gasteiger partial charge >= 0.3 is 0 Å². The van der Waals surface area contributed by atoms with Gasteiger partial charge in [-0.2, -0.15) is 5.10 Å². The second kappa shape index (κ2) is 6.42. The number of amides is 1. The molecule has 0 saturated carbocycles. The molecule has 1 aliphatic rings. The van der Waals surface area contributed by atoms with E-state index in [1.807, 2.05) is 11.8 Å². The third-order valence-electron chi connectivity index (χ3n) is 5.09. The molecule has 4 aromatic heterocycles. The van der Waals surface area contributed by atoms with Gasteiger partial charge in [0.05, 0.1) is 23.0 Å². The smallest absolute Gasteiger partial charge is 0.275 e. The number of hydrogen-bond acceptors (Lipinski definition) is 5. The first kappa shape index (κ1) is 16.9. The summed E-state index contributed by atoms with van der Waals surface area (Å²) < 4.78 is 3.75. The Morgan fingerprint density at radius 1 is 1.18 bits per heavy atom. The molecule has 1 aliphatic heterocycles. The van der Waals surface area contributed by atoms with Crippen molar-refractivity contribution in [1.29, 1.82) is 0 Å². The Morgan fingerprint density at radius 3 is 2.82 bits per heavy atom. The van der Waals surface area contributed by atoms with Crippen molar-refractivity contribution in [2.45, 2.75) is 19.5 Å². The van der Waals surface area contributed by atoms with E-state index in [4.69, 9.17) is 11.6 Å². The Hall–Kier alpha value is -3.26. The topological polar surface area (TPSA) is 81.2 Å². The van der Waals surface area contributed by atoms with Crippen LogP contribution in [0.1, 0.15) is 29.1 Å². The molecule has 9 heteroatoms. The van der Waals surface area contributed by atoms with E-state index in [2.05, 4.69) is 36.8 Å². The molecule has 1 atom stereocenters. The van der Waals surface area contributed by atoms with Crippen LogP contribution in [0.5, 0.6) is 0 Å². The highest BCUT2D eigenvalue weighted by Gasteiger charge is 2.31. The van der Waals surface area contributed by atoms with Crippen molar-refractivity contribution in [3.8, 4) is 11.3 Å². The van der Waals surface area contributed by atoms with Crippen LogP contribution in [-0.2, 0) is 6.54 Å². The van der Waals surface area contributed by atoms with Gasteiger partial charge in [0, 0.05) is 49.0 Å². The average Bonchev–Trinajstić information content (AvgIpc) is 3.32. The molecule has 8 nitrogen and oxygen atoms in total.